The zero-order chi connectivity index (χ0) is 19.0. The van der Waals surface area contributed by atoms with Crippen LogP contribution in [0.15, 0.2) is 54.9 Å². The number of anilines is 2. The molecule has 7 heteroatoms. The summed E-state index contributed by atoms with van der Waals surface area (Å²) in [6, 6.07) is 12.8. The van der Waals surface area contributed by atoms with Crippen LogP contribution in [-0.2, 0) is 0 Å². The van der Waals surface area contributed by atoms with E-state index in [4.69, 9.17) is 34.8 Å². The van der Waals surface area contributed by atoms with Crippen LogP contribution < -0.4 is 5.32 Å². The zero-order valence-corrected chi connectivity index (χ0v) is 16.4. The second kappa shape index (κ2) is 7.31. The molecule has 2 heterocycles. The molecular weight excluding hydrogens is 403 g/mol. The Morgan fingerprint density at radius 3 is 2.56 bits per heavy atom. The second-order valence-corrected chi connectivity index (χ2v) is 7.26. The summed E-state index contributed by atoms with van der Waals surface area (Å²) in [5, 5.41) is 5.81. The van der Waals surface area contributed by atoms with Crippen molar-refractivity contribution in [2.24, 2.45) is 0 Å². The number of fused-ring (bicyclic) bond motifs is 1. The first-order valence-corrected chi connectivity index (χ1v) is 9.25. The van der Waals surface area contributed by atoms with Crippen LogP contribution in [0.3, 0.4) is 0 Å². The monoisotopic (exact) mass is 414 g/mol. The molecule has 134 valence electrons. The Balaban J connectivity index is 1.90. The summed E-state index contributed by atoms with van der Waals surface area (Å²) < 4.78 is 0. The number of pyridine rings is 1. The highest BCUT2D eigenvalue weighted by molar-refractivity contribution is 6.36. The van der Waals surface area contributed by atoms with Crippen LogP contribution in [0.25, 0.3) is 22.3 Å². The minimum Gasteiger partial charge on any atom is -0.338 e. The van der Waals surface area contributed by atoms with E-state index in [9.17, 15) is 0 Å². The fourth-order valence-electron chi connectivity index (χ4n) is 2.69. The number of aromatic nitrogens is 3. The molecular formula is C20H13Cl3N4. The number of nitrogens with one attached hydrogen (secondary N) is 1. The molecule has 2 aromatic heterocycles. The molecule has 2 aromatic carbocycles. The van der Waals surface area contributed by atoms with Crippen LogP contribution in [0.2, 0.25) is 15.1 Å². The van der Waals surface area contributed by atoms with Crippen LogP contribution in [0.4, 0.5) is 11.5 Å². The molecule has 0 amide bonds. The van der Waals surface area contributed by atoms with Gasteiger partial charge in [-0.15, -0.1) is 0 Å². The van der Waals surface area contributed by atoms with E-state index in [0.29, 0.717) is 32.4 Å². The molecule has 0 atom stereocenters. The molecule has 27 heavy (non-hydrogen) atoms. The van der Waals surface area contributed by atoms with Gasteiger partial charge in [0, 0.05) is 33.4 Å². The van der Waals surface area contributed by atoms with Gasteiger partial charge in [-0.1, -0.05) is 34.8 Å². The molecule has 0 aliphatic rings. The third kappa shape index (κ3) is 3.69. The van der Waals surface area contributed by atoms with Crippen molar-refractivity contribution >= 4 is 57.2 Å². The van der Waals surface area contributed by atoms with Gasteiger partial charge < -0.3 is 5.32 Å². The third-order valence-electron chi connectivity index (χ3n) is 4.08. The maximum absolute atomic E-state index is 6.39. The summed E-state index contributed by atoms with van der Waals surface area (Å²) in [5.74, 6) is 1.14. The van der Waals surface area contributed by atoms with E-state index in [1.54, 1.807) is 24.5 Å². The predicted molar refractivity (Wildman–Crippen MR) is 112 cm³/mol. The van der Waals surface area contributed by atoms with Crippen molar-refractivity contribution < 1.29 is 0 Å². The maximum Gasteiger partial charge on any atom is 0.163 e. The average Bonchev–Trinajstić information content (AvgIpc) is 2.67. The van der Waals surface area contributed by atoms with Gasteiger partial charge in [-0.05, 0) is 55.0 Å². The fraction of sp³-hybridized carbons (Fsp3) is 0.0500. The molecule has 0 saturated heterocycles. The van der Waals surface area contributed by atoms with Crippen molar-refractivity contribution in [2.75, 3.05) is 5.32 Å². The third-order valence-corrected chi connectivity index (χ3v) is 5.03. The lowest BCUT2D eigenvalue weighted by molar-refractivity contribution is 1.20. The van der Waals surface area contributed by atoms with Crippen molar-refractivity contribution in [3.05, 3.63) is 75.5 Å². The number of aryl methyl sites for hydroxylation is 1. The normalized spacial score (nSPS) is 11.0. The lowest BCUT2D eigenvalue weighted by Crippen LogP contribution is -2.00. The molecule has 0 radical (unpaired) electrons. The van der Waals surface area contributed by atoms with Gasteiger partial charge in [0.25, 0.3) is 0 Å². The Morgan fingerprint density at radius 2 is 1.78 bits per heavy atom. The first-order chi connectivity index (χ1) is 13.0. The van der Waals surface area contributed by atoms with Gasteiger partial charge in [0.1, 0.15) is 5.82 Å². The largest absolute Gasteiger partial charge is 0.338 e. The molecule has 1 N–H and O–H groups in total. The minimum absolute atomic E-state index is 0.550. The van der Waals surface area contributed by atoms with E-state index < -0.39 is 0 Å². The summed E-state index contributed by atoms with van der Waals surface area (Å²) in [4.78, 5) is 13.5. The predicted octanol–water partition coefficient (Wildman–Crippen LogP) is 6.70. The van der Waals surface area contributed by atoms with E-state index in [2.05, 4.69) is 20.3 Å². The average molecular weight is 416 g/mol. The van der Waals surface area contributed by atoms with E-state index in [0.717, 1.165) is 22.0 Å². The number of nitrogens with zero attached hydrogens (tertiary/aromatic N) is 3. The Bertz CT molecular complexity index is 1150. The highest BCUT2D eigenvalue weighted by atomic mass is 35.5. The van der Waals surface area contributed by atoms with Crippen LogP contribution in [0.1, 0.15) is 5.56 Å². The molecule has 0 unspecified atom stereocenters. The number of hydrogen-bond donors (Lipinski definition) is 1. The minimum atomic E-state index is 0.550. The van der Waals surface area contributed by atoms with Crippen molar-refractivity contribution in [2.45, 2.75) is 6.92 Å². The van der Waals surface area contributed by atoms with Gasteiger partial charge in [-0.3, -0.25) is 4.98 Å². The van der Waals surface area contributed by atoms with Crippen molar-refractivity contribution in [3.63, 3.8) is 0 Å². The van der Waals surface area contributed by atoms with Gasteiger partial charge in [-0.25, -0.2) is 9.97 Å². The van der Waals surface area contributed by atoms with Gasteiger partial charge in [0.2, 0.25) is 0 Å². The summed E-state index contributed by atoms with van der Waals surface area (Å²) >= 11 is 18.8. The highest BCUT2D eigenvalue weighted by Crippen LogP contribution is 2.34. The SMILES string of the molecule is Cc1cc(Cl)c(Nc2nc(-c3cccnc3)nc3ccc(Cl)cc23)cc1Cl. The molecule has 0 spiro atoms. The van der Waals surface area contributed by atoms with Crippen molar-refractivity contribution in [1.29, 1.82) is 0 Å². The molecule has 0 fully saturated rings. The topological polar surface area (TPSA) is 50.7 Å². The lowest BCUT2D eigenvalue weighted by atomic mass is 10.2. The van der Waals surface area contributed by atoms with Crippen LogP contribution in [0.5, 0.6) is 0 Å². The summed E-state index contributed by atoms with van der Waals surface area (Å²) in [6.45, 7) is 1.90. The van der Waals surface area contributed by atoms with E-state index in [1.807, 2.05) is 37.3 Å². The summed E-state index contributed by atoms with van der Waals surface area (Å²) in [6.07, 6.45) is 3.42. The number of hydrogen-bond acceptors (Lipinski definition) is 4. The zero-order valence-electron chi connectivity index (χ0n) is 14.2. The molecule has 0 aliphatic carbocycles. The first-order valence-electron chi connectivity index (χ1n) is 8.11. The Hall–Kier alpha value is -2.40. The van der Waals surface area contributed by atoms with Gasteiger partial charge in [-0.2, -0.15) is 0 Å². The summed E-state index contributed by atoms with van der Waals surface area (Å²) in [5.41, 5.74) is 3.12. The Labute approximate surface area is 171 Å². The standard InChI is InChI=1S/C20H13Cl3N4/c1-11-7-16(23)18(9-15(11)22)26-20-14-8-13(21)4-5-17(14)25-19(27-20)12-3-2-6-24-10-12/h2-10H,1H3,(H,25,26,27). The van der Waals surface area contributed by atoms with Crippen LogP contribution >= 0.6 is 34.8 Å². The fourth-order valence-corrected chi connectivity index (χ4v) is 3.29. The maximum atomic E-state index is 6.39. The van der Waals surface area contributed by atoms with Gasteiger partial charge in [0.15, 0.2) is 5.82 Å². The van der Waals surface area contributed by atoms with Crippen molar-refractivity contribution in [1.82, 2.24) is 15.0 Å². The molecule has 0 aliphatic heterocycles. The lowest BCUT2D eigenvalue weighted by Gasteiger charge is -2.13. The molecule has 4 nitrogen and oxygen atoms in total. The van der Waals surface area contributed by atoms with E-state index >= 15 is 0 Å². The molecule has 0 bridgehead atoms. The molecule has 0 saturated carbocycles. The van der Waals surface area contributed by atoms with Crippen LogP contribution in [-0.4, -0.2) is 15.0 Å². The quantitative estimate of drug-likeness (QED) is 0.404. The Kier molecular flexibility index (Phi) is 4.87. The number of rotatable bonds is 3. The smallest absolute Gasteiger partial charge is 0.163 e. The van der Waals surface area contributed by atoms with E-state index in [1.165, 1.54) is 0 Å². The highest BCUT2D eigenvalue weighted by Gasteiger charge is 2.13. The number of halogens is 3. The Morgan fingerprint density at radius 1 is 0.926 bits per heavy atom. The van der Waals surface area contributed by atoms with Crippen LogP contribution in [0, 0.1) is 6.92 Å². The van der Waals surface area contributed by atoms with Gasteiger partial charge in [0.05, 0.1) is 16.2 Å². The first kappa shape index (κ1) is 18.0. The van der Waals surface area contributed by atoms with Gasteiger partial charge >= 0.3 is 0 Å². The summed E-state index contributed by atoms with van der Waals surface area (Å²) in [7, 11) is 0. The molecule has 4 rings (SSSR count). The number of benzene rings is 2. The van der Waals surface area contributed by atoms with Crippen molar-refractivity contribution in [3.8, 4) is 11.4 Å². The van der Waals surface area contributed by atoms with E-state index in [-0.39, 0.29) is 0 Å². The molecule has 4 aromatic rings. The second-order valence-electron chi connectivity index (χ2n) is 6.01.